The summed E-state index contributed by atoms with van der Waals surface area (Å²) >= 11 is 1.68. The monoisotopic (exact) mass is 255 g/mol. The Morgan fingerprint density at radius 1 is 1.71 bits per heavy atom. The molecule has 0 aliphatic carbocycles. The van der Waals surface area contributed by atoms with E-state index in [-0.39, 0.29) is 6.04 Å². The van der Waals surface area contributed by atoms with Crippen LogP contribution in [0.2, 0.25) is 0 Å². The van der Waals surface area contributed by atoms with Crippen molar-refractivity contribution in [2.45, 2.75) is 38.8 Å². The van der Waals surface area contributed by atoms with Crippen molar-refractivity contribution in [2.75, 3.05) is 24.6 Å². The Morgan fingerprint density at radius 2 is 2.53 bits per heavy atom. The second-order valence-corrected chi connectivity index (χ2v) is 5.35. The van der Waals surface area contributed by atoms with E-state index in [0.717, 1.165) is 36.9 Å². The molecule has 1 aliphatic rings. The van der Waals surface area contributed by atoms with Crippen molar-refractivity contribution in [1.29, 1.82) is 0 Å². The molecule has 2 N–H and O–H groups in total. The molecule has 2 unspecified atom stereocenters. The topological polar surface area (TPSA) is 51.4 Å². The Morgan fingerprint density at radius 3 is 3.18 bits per heavy atom. The van der Waals surface area contributed by atoms with Crippen LogP contribution < -0.4 is 10.6 Å². The van der Waals surface area contributed by atoms with Gasteiger partial charge in [-0.25, -0.2) is 4.98 Å². The first-order valence-electron chi connectivity index (χ1n) is 6.28. The molecule has 0 amide bonds. The standard InChI is InChI=1S/C12H21N3OS/c1-3-16-10-5-4-6-15(7-10)12-14-11(8-17-12)9(2)13/h8-10H,3-7,13H2,1-2H3. The molecule has 1 aromatic heterocycles. The Balaban J connectivity index is 2.00. The van der Waals surface area contributed by atoms with Gasteiger partial charge >= 0.3 is 0 Å². The van der Waals surface area contributed by atoms with Gasteiger partial charge in [0.1, 0.15) is 0 Å². The van der Waals surface area contributed by atoms with Gasteiger partial charge in [-0.3, -0.25) is 0 Å². The van der Waals surface area contributed by atoms with Crippen LogP contribution in [0, 0.1) is 0 Å². The summed E-state index contributed by atoms with van der Waals surface area (Å²) in [6, 6.07) is 0.0208. The van der Waals surface area contributed by atoms with Gasteiger partial charge < -0.3 is 15.4 Å². The van der Waals surface area contributed by atoms with Crippen molar-refractivity contribution in [3.8, 4) is 0 Å². The fraction of sp³-hybridized carbons (Fsp3) is 0.750. The minimum absolute atomic E-state index is 0.0208. The van der Waals surface area contributed by atoms with Crippen molar-refractivity contribution in [3.63, 3.8) is 0 Å². The molecule has 0 saturated carbocycles. The minimum Gasteiger partial charge on any atom is -0.377 e. The van der Waals surface area contributed by atoms with Crippen LogP contribution in [0.4, 0.5) is 5.13 Å². The third kappa shape index (κ3) is 3.18. The lowest BCUT2D eigenvalue weighted by Gasteiger charge is -2.32. The molecule has 2 heterocycles. The molecule has 1 aliphatic heterocycles. The summed E-state index contributed by atoms with van der Waals surface area (Å²) < 4.78 is 5.70. The molecule has 4 nitrogen and oxygen atoms in total. The number of aromatic nitrogens is 1. The fourth-order valence-electron chi connectivity index (χ4n) is 2.11. The summed E-state index contributed by atoms with van der Waals surface area (Å²) in [5.41, 5.74) is 6.82. The van der Waals surface area contributed by atoms with Crippen molar-refractivity contribution >= 4 is 16.5 Å². The lowest BCUT2D eigenvalue weighted by molar-refractivity contribution is 0.0526. The van der Waals surface area contributed by atoms with Gasteiger partial charge in [-0.2, -0.15) is 0 Å². The number of rotatable bonds is 4. The van der Waals surface area contributed by atoms with Crippen molar-refractivity contribution in [1.82, 2.24) is 4.98 Å². The summed E-state index contributed by atoms with van der Waals surface area (Å²) in [5, 5.41) is 3.14. The third-order valence-electron chi connectivity index (χ3n) is 3.03. The summed E-state index contributed by atoms with van der Waals surface area (Å²) in [7, 11) is 0. The van der Waals surface area contributed by atoms with Crippen LogP contribution in [0.3, 0.4) is 0 Å². The zero-order valence-electron chi connectivity index (χ0n) is 10.6. The van der Waals surface area contributed by atoms with Crippen LogP contribution >= 0.6 is 11.3 Å². The maximum absolute atomic E-state index is 5.83. The first-order valence-corrected chi connectivity index (χ1v) is 7.16. The highest BCUT2D eigenvalue weighted by molar-refractivity contribution is 7.13. The average molecular weight is 255 g/mol. The average Bonchev–Trinajstić information content (AvgIpc) is 2.79. The zero-order chi connectivity index (χ0) is 12.3. The van der Waals surface area contributed by atoms with Crippen LogP contribution in [-0.2, 0) is 4.74 Å². The number of thiazole rings is 1. The molecular weight excluding hydrogens is 234 g/mol. The minimum atomic E-state index is 0.0208. The van der Waals surface area contributed by atoms with Gasteiger partial charge in [0.2, 0.25) is 0 Å². The molecule has 2 atom stereocenters. The van der Waals surface area contributed by atoms with Crippen molar-refractivity contribution in [3.05, 3.63) is 11.1 Å². The number of hydrogen-bond donors (Lipinski definition) is 1. The van der Waals surface area contributed by atoms with Gasteiger partial charge in [-0.1, -0.05) is 0 Å². The predicted octanol–water partition coefficient (Wildman–Crippen LogP) is 2.17. The van der Waals surface area contributed by atoms with Crippen LogP contribution in [0.15, 0.2) is 5.38 Å². The Hall–Kier alpha value is -0.650. The van der Waals surface area contributed by atoms with E-state index >= 15 is 0 Å². The normalized spacial score (nSPS) is 22.8. The summed E-state index contributed by atoms with van der Waals surface area (Å²) in [5.74, 6) is 0. The number of hydrogen-bond acceptors (Lipinski definition) is 5. The Kier molecular flexibility index (Phi) is 4.36. The number of ether oxygens (including phenoxy) is 1. The van der Waals surface area contributed by atoms with E-state index in [4.69, 9.17) is 10.5 Å². The molecule has 96 valence electrons. The fourth-order valence-corrected chi connectivity index (χ4v) is 3.08. The van der Waals surface area contributed by atoms with E-state index in [1.807, 2.05) is 6.92 Å². The van der Waals surface area contributed by atoms with Crippen LogP contribution in [0.1, 0.15) is 38.4 Å². The molecular formula is C12H21N3OS. The molecule has 2 rings (SSSR count). The Labute approximate surface area is 107 Å². The second kappa shape index (κ2) is 5.80. The van der Waals surface area contributed by atoms with E-state index < -0.39 is 0 Å². The van der Waals surface area contributed by atoms with Crippen LogP contribution in [0.5, 0.6) is 0 Å². The number of nitrogens with zero attached hydrogens (tertiary/aromatic N) is 2. The molecule has 5 heteroatoms. The highest BCUT2D eigenvalue weighted by atomic mass is 32.1. The lowest BCUT2D eigenvalue weighted by atomic mass is 10.1. The zero-order valence-corrected chi connectivity index (χ0v) is 11.4. The SMILES string of the molecule is CCOC1CCCN(c2nc(C(C)N)cs2)C1. The van der Waals surface area contributed by atoms with Crippen molar-refractivity contribution in [2.24, 2.45) is 5.73 Å². The highest BCUT2D eigenvalue weighted by Gasteiger charge is 2.22. The molecule has 1 aromatic rings. The maximum atomic E-state index is 5.83. The highest BCUT2D eigenvalue weighted by Crippen LogP contribution is 2.26. The molecule has 0 spiro atoms. The molecule has 17 heavy (non-hydrogen) atoms. The molecule has 0 aromatic carbocycles. The van der Waals surface area contributed by atoms with E-state index in [1.54, 1.807) is 11.3 Å². The first kappa shape index (κ1) is 12.8. The number of anilines is 1. The van der Waals surface area contributed by atoms with E-state index in [0.29, 0.717) is 6.10 Å². The first-order chi connectivity index (χ1) is 8.20. The van der Waals surface area contributed by atoms with Gasteiger partial charge in [0.25, 0.3) is 0 Å². The number of piperidine rings is 1. The summed E-state index contributed by atoms with van der Waals surface area (Å²) in [6.45, 7) is 6.85. The molecule has 1 fully saturated rings. The van der Waals surface area contributed by atoms with E-state index in [1.165, 1.54) is 6.42 Å². The number of nitrogens with two attached hydrogens (primary N) is 1. The smallest absolute Gasteiger partial charge is 0.185 e. The predicted molar refractivity (Wildman–Crippen MR) is 71.6 cm³/mol. The van der Waals surface area contributed by atoms with Crippen LogP contribution in [0.25, 0.3) is 0 Å². The van der Waals surface area contributed by atoms with Gasteiger partial charge in [0.15, 0.2) is 5.13 Å². The second-order valence-electron chi connectivity index (χ2n) is 4.51. The van der Waals surface area contributed by atoms with Crippen molar-refractivity contribution < 1.29 is 4.74 Å². The lowest BCUT2D eigenvalue weighted by Crippen LogP contribution is -2.39. The molecule has 0 radical (unpaired) electrons. The largest absolute Gasteiger partial charge is 0.377 e. The van der Waals surface area contributed by atoms with E-state index in [2.05, 4.69) is 22.2 Å². The Bertz CT molecular complexity index is 351. The van der Waals surface area contributed by atoms with Crippen LogP contribution in [-0.4, -0.2) is 30.8 Å². The van der Waals surface area contributed by atoms with Gasteiger partial charge in [-0.05, 0) is 26.7 Å². The van der Waals surface area contributed by atoms with Gasteiger partial charge in [0.05, 0.1) is 11.8 Å². The van der Waals surface area contributed by atoms with E-state index in [9.17, 15) is 0 Å². The molecule has 1 saturated heterocycles. The van der Waals surface area contributed by atoms with Gasteiger partial charge in [0, 0.05) is 31.1 Å². The summed E-state index contributed by atoms with van der Waals surface area (Å²) in [4.78, 5) is 6.91. The maximum Gasteiger partial charge on any atom is 0.185 e. The third-order valence-corrected chi connectivity index (χ3v) is 3.95. The quantitative estimate of drug-likeness (QED) is 0.896. The summed E-state index contributed by atoms with van der Waals surface area (Å²) in [6.07, 6.45) is 2.70. The molecule has 0 bridgehead atoms. The van der Waals surface area contributed by atoms with Gasteiger partial charge in [-0.15, -0.1) is 11.3 Å².